The summed E-state index contributed by atoms with van der Waals surface area (Å²) in [5.41, 5.74) is 7.60. The summed E-state index contributed by atoms with van der Waals surface area (Å²) in [6, 6.07) is 6.09. The Morgan fingerprint density at radius 3 is 2.76 bits per heavy atom. The molecule has 0 bridgehead atoms. The van der Waals surface area contributed by atoms with Crippen LogP contribution in [0, 0.1) is 0 Å². The molecule has 1 aliphatic rings. The Kier molecular flexibility index (Phi) is 4.13. The largest absolute Gasteiger partial charge is 0.324 e. The number of rotatable bonds is 5. The SMILES string of the molecule is CN(CCc1ccccn1)CC1(N)CCCC1. The maximum absolute atomic E-state index is 6.37. The molecule has 94 valence electrons. The molecule has 1 aromatic rings. The highest BCUT2D eigenvalue weighted by molar-refractivity contribution is 5.04. The van der Waals surface area contributed by atoms with Crippen molar-refractivity contribution in [2.45, 2.75) is 37.6 Å². The van der Waals surface area contributed by atoms with Crippen LogP contribution in [0.15, 0.2) is 24.4 Å². The molecule has 1 aromatic heterocycles. The molecule has 1 aliphatic carbocycles. The lowest BCUT2D eigenvalue weighted by Crippen LogP contribution is -2.47. The first-order chi connectivity index (χ1) is 8.18. The van der Waals surface area contributed by atoms with Gasteiger partial charge in [-0.25, -0.2) is 0 Å². The van der Waals surface area contributed by atoms with E-state index < -0.39 is 0 Å². The summed E-state index contributed by atoms with van der Waals surface area (Å²) < 4.78 is 0. The van der Waals surface area contributed by atoms with Crippen molar-refractivity contribution in [1.82, 2.24) is 9.88 Å². The van der Waals surface area contributed by atoms with Crippen molar-refractivity contribution in [2.24, 2.45) is 5.73 Å². The highest BCUT2D eigenvalue weighted by atomic mass is 15.1. The van der Waals surface area contributed by atoms with E-state index in [1.165, 1.54) is 25.7 Å². The Morgan fingerprint density at radius 2 is 2.12 bits per heavy atom. The maximum atomic E-state index is 6.37. The Bertz CT molecular complexity index is 331. The first kappa shape index (κ1) is 12.5. The fourth-order valence-electron chi connectivity index (χ4n) is 2.71. The normalized spacial score (nSPS) is 18.8. The zero-order valence-corrected chi connectivity index (χ0v) is 10.7. The number of aromatic nitrogens is 1. The summed E-state index contributed by atoms with van der Waals surface area (Å²) in [6.07, 6.45) is 7.82. The van der Waals surface area contributed by atoms with Crippen molar-refractivity contribution in [3.8, 4) is 0 Å². The van der Waals surface area contributed by atoms with Gasteiger partial charge >= 0.3 is 0 Å². The van der Waals surface area contributed by atoms with E-state index in [4.69, 9.17) is 5.73 Å². The van der Waals surface area contributed by atoms with Crippen LogP contribution < -0.4 is 5.73 Å². The number of nitrogens with zero attached hydrogens (tertiary/aromatic N) is 2. The smallest absolute Gasteiger partial charge is 0.0416 e. The lowest BCUT2D eigenvalue weighted by Gasteiger charge is -2.29. The second-order valence-corrected chi connectivity index (χ2v) is 5.38. The van der Waals surface area contributed by atoms with E-state index in [1.54, 1.807) is 0 Å². The number of hydrogen-bond acceptors (Lipinski definition) is 3. The molecule has 1 heterocycles. The van der Waals surface area contributed by atoms with Gasteiger partial charge in [0.15, 0.2) is 0 Å². The molecular weight excluding hydrogens is 210 g/mol. The Labute approximate surface area is 104 Å². The van der Waals surface area contributed by atoms with E-state index in [-0.39, 0.29) is 5.54 Å². The molecule has 0 aliphatic heterocycles. The molecule has 0 radical (unpaired) electrons. The minimum absolute atomic E-state index is 0.0683. The third-order valence-electron chi connectivity index (χ3n) is 3.66. The van der Waals surface area contributed by atoms with Crippen LogP contribution in [-0.2, 0) is 6.42 Å². The number of hydrogen-bond donors (Lipinski definition) is 1. The van der Waals surface area contributed by atoms with Crippen molar-refractivity contribution in [1.29, 1.82) is 0 Å². The van der Waals surface area contributed by atoms with E-state index in [9.17, 15) is 0 Å². The van der Waals surface area contributed by atoms with E-state index >= 15 is 0 Å². The Hall–Kier alpha value is -0.930. The Morgan fingerprint density at radius 1 is 1.35 bits per heavy atom. The second kappa shape index (κ2) is 5.61. The lowest BCUT2D eigenvalue weighted by atomic mass is 9.98. The lowest BCUT2D eigenvalue weighted by molar-refractivity contribution is 0.249. The minimum Gasteiger partial charge on any atom is -0.324 e. The maximum Gasteiger partial charge on any atom is 0.0416 e. The van der Waals surface area contributed by atoms with Gasteiger partial charge in [0.1, 0.15) is 0 Å². The summed E-state index contributed by atoms with van der Waals surface area (Å²) in [5, 5.41) is 0. The van der Waals surface area contributed by atoms with Gasteiger partial charge in [0.2, 0.25) is 0 Å². The fourth-order valence-corrected chi connectivity index (χ4v) is 2.71. The van der Waals surface area contributed by atoms with Crippen LogP contribution in [0.5, 0.6) is 0 Å². The standard InChI is InChI=1S/C14H23N3/c1-17(12-14(15)8-3-4-9-14)11-7-13-6-2-5-10-16-13/h2,5-6,10H,3-4,7-9,11-12,15H2,1H3. The van der Waals surface area contributed by atoms with Gasteiger partial charge in [0.05, 0.1) is 0 Å². The van der Waals surface area contributed by atoms with Crippen LogP contribution in [0.25, 0.3) is 0 Å². The molecule has 2 rings (SSSR count). The number of nitrogens with two attached hydrogens (primary N) is 1. The molecule has 0 unspecified atom stereocenters. The monoisotopic (exact) mass is 233 g/mol. The first-order valence-corrected chi connectivity index (χ1v) is 6.55. The van der Waals surface area contributed by atoms with Crippen LogP contribution in [0.2, 0.25) is 0 Å². The van der Waals surface area contributed by atoms with Gasteiger partial charge in [-0.15, -0.1) is 0 Å². The third kappa shape index (κ3) is 3.79. The minimum atomic E-state index is 0.0683. The molecule has 0 amide bonds. The molecule has 0 spiro atoms. The van der Waals surface area contributed by atoms with Crippen LogP contribution in [0.4, 0.5) is 0 Å². The average Bonchev–Trinajstić information content (AvgIpc) is 2.74. The third-order valence-corrected chi connectivity index (χ3v) is 3.66. The van der Waals surface area contributed by atoms with Gasteiger partial charge in [-0.2, -0.15) is 0 Å². The molecular formula is C14H23N3. The fraction of sp³-hybridized carbons (Fsp3) is 0.643. The predicted molar refractivity (Wildman–Crippen MR) is 70.8 cm³/mol. The number of pyridine rings is 1. The predicted octanol–water partition coefficient (Wildman–Crippen LogP) is 1.83. The molecule has 1 saturated carbocycles. The molecule has 0 saturated heterocycles. The first-order valence-electron chi connectivity index (χ1n) is 6.55. The van der Waals surface area contributed by atoms with Crippen molar-refractivity contribution in [3.05, 3.63) is 30.1 Å². The Balaban J connectivity index is 1.76. The molecule has 3 nitrogen and oxygen atoms in total. The molecule has 0 atom stereocenters. The van der Waals surface area contributed by atoms with Gasteiger partial charge in [0.25, 0.3) is 0 Å². The van der Waals surface area contributed by atoms with Gasteiger partial charge in [0, 0.05) is 36.9 Å². The van der Waals surface area contributed by atoms with E-state index in [0.717, 1.165) is 25.2 Å². The van der Waals surface area contributed by atoms with Crippen molar-refractivity contribution < 1.29 is 0 Å². The summed E-state index contributed by atoms with van der Waals surface area (Å²) in [4.78, 5) is 6.69. The van der Waals surface area contributed by atoms with E-state index in [0.29, 0.717) is 0 Å². The number of likely N-dealkylation sites (N-methyl/N-ethyl adjacent to an activating group) is 1. The molecule has 1 fully saturated rings. The highest BCUT2D eigenvalue weighted by Crippen LogP contribution is 2.27. The van der Waals surface area contributed by atoms with Crippen LogP contribution in [-0.4, -0.2) is 35.6 Å². The van der Waals surface area contributed by atoms with E-state index in [1.807, 2.05) is 18.3 Å². The molecule has 17 heavy (non-hydrogen) atoms. The van der Waals surface area contributed by atoms with Crippen molar-refractivity contribution in [3.63, 3.8) is 0 Å². The van der Waals surface area contributed by atoms with Gasteiger partial charge < -0.3 is 10.6 Å². The molecule has 2 N–H and O–H groups in total. The van der Waals surface area contributed by atoms with Crippen LogP contribution >= 0.6 is 0 Å². The summed E-state index contributed by atoms with van der Waals surface area (Å²) >= 11 is 0. The summed E-state index contributed by atoms with van der Waals surface area (Å²) in [7, 11) is 2.16. The average molecular weight is 233 g/mol. The molecule has 3 heteroatoms. The van der Waals surface area contributed by atoms with E-state index in [2.05, 4.69) is 23.0 Å². The van der Waals surface area contributed by atoms with Gasteiger partial charge in [-0.1, -0.05) is 18.9 Å². The summed E-state index contributed by atoms with van der Waals surface area (Å²) in [6.45, 7) is 2.05. The zero-order valence-electron chi connectivity index (χ0n) is 10.7. The highest BCUT2D eigenvalue weighted by Gasteiger charge is 2.30. The van der Waals surface area contributed by atoms with Crippen molar-refractivity contribution >= 4 is 0 Å². The zero-order chi connectivity index (χ0) is 12.1. The quantitative estimate of drug-likeness (QED) is 0.843. The van der Waals surface area contributed by atoms with Gasteiger partial charge in [-0.05, 0) is 32.0 Å². The summed E-state index contributed by atoms with van der Waals surface area (Å²) in [5.74, 6) is 0. The van der Waals surface area contributed by atoms with Crippen molar-refractivity contribution in [2.75, 3.05) is 20.1 Å². The van der Waals surface area contributed by atoms with Gasteiger partial charge in [-0.3, -0.25) is 4.98 Å². The van der Waals surface area contributed by atoms with Crippen LogP contribution in [0.1, 0.15) is 31.4 Å². The second-order valence-electron chi connectivity index (χ2n) is 5.38. The van der Waals surface area contributed by atoms with Crippen LogP contribution in [0.3, 0.4) is 0 Å². The topological polar surface area (TPSA) is 42.2 Å². The molecule has 0 aromatic carbocycles.